The molecule has 2 aromatic rings. The quantitative estimate of drug-likeness (QED) is 0.149. The van der Waals surface area contributed by atoms with E-state index in [1.54, 1.807) is 71.9 Å². The van der Waals surface area contributed by atoms with Crippen molar-refractivity contribution in [2.75, 3.05) is 6.61 Å². The molecule has 0 radical (unpaired) electrons. The second-order valence-electron chi connectivity index (χ2n) is 17.6. The van der Waals surface area contributed by atoms with Crippen molar-refractivity contribution in [3.8, 4) is 0 Å². The van der Waals surface area contributed by atoms with E-state index in [1.165, 1.54) is 13.8 Å². The van der Waals surface area contributed by atoms with Crippen molar-refractivity contribution in [3.63, 3.8) is 0 Å². The summed E-state index contributed by atoms with van der Waals surface area (Å²) in [5.74, 6) is -5.99. The summed E-state index contributed by atoms with van der Waals surface area (Å²) in [6.45, 7) is 13.8. The van der Waals surface area contributed by atoms with Crippen LogP contribution in [-0.2, 0) is 52.4 Å². The topological polar surface area (TPSA) is 201 Å². The maximum absolute atomic E-state index is 15.5. The van der Waals surface area contributed by atoms with Crippen molar-refractivity contribution < 1.29 is 67.7 Å². The van der Waals surface area contributed by atoms with Crippen LogP contribution in [0, 0.1) is 22.7 Å². The Kier molecular flexibility index (Phi) is 12.6. The first-order chi connectivity index (χ1) is 28.1. The predicted octanol–water partition coefficient (Wildman–Crippen LogP) is 4.82. The number of ether oxygens (including phenoxy) is 6. The van der Waals surface area contributed by atoms with Gasteiger partial charge in [-0.3, -0.25) is 19.2 Å². The summed E-state index contributed by atoms with van der Waals surface area (Å²) in [5.41, 5.74) is -5.80. The zero-order valence-electron chi connectivity index (χ0n) is 35.7. The van der Waals surface area contributed by atoms with E-state index in [2.05, 4.69) is 0 Å². The molecule has 6 rings (SSSR count). The second-order valence-corrected chi connectivity index (χ2v) is 17.6. The first kappa shape index (κ1) is 45.1. The molecule has 14 nitrogen and oxygen atoms in total. The summed E-state index contributed by atoms with van der Waals surface area (Å²) >= 11 is 0. The Morgan fingerprint density at radius 2 is 1.50 bits per heavy atom. The number of Topliss-reactive ketones (excluding diaryl/α,β-unsaturated/α-hetero) is 1. The van der Waals surface area contributed by atoms with E-state index in [9.17, 15) is 34.5 Å². The Bertz CT molecular complexity index is 2000. The Labute approximate surface area is 350 Å². The van der Waals surface area contributed by atoms with Crippen LogP contribution in [0.15, 0.2) is 71.8 Å². The molecule has 326 valence electrons. The molecule has 3 N–H and O–H groups in total. The van der Waals surface area contributed by atoms with Gasteiger partial charge < -0.3 is 43.7 Å². The van der Waals surface area contributed by atoms with E-state index in [4.69, 9.17) is 28.4 Å². The lowest BCUT2D eigenvalue weighted by Crippen LogP contribution is -2.81. The predicted molar refractivity (Wildman–Crippen MR) is 213 cm³/mol. The van der Waals surface area contributed by atoms with Gasteiger partial charge in [-0.1, -0.05) is 88.4 Å². The van der Waals surface area contributed by atoms with Gasteiger partial charge in [0.1, 0.15) is 17.8 Å². The summed E-state index contributed by atoms with van der Waals surface area (Å²) < 4.78 is 36.9. The monoisotopic (exact) mass is 834 g/mol. The van der Waals surface area contributed by atoms with Crippen LogP contribution in [0.4, 0.5) is 0 Å². The number of benzene rings is 2. The second kappa shape index (κ2) is 16.8. The zero-order chi connectivity index (χ0) is 44.1. The van der Waals surface area contributed by atoms with Crippen molar-refractivity contribution in [2.24, 2.45) is 22.7 Å². The number of aliphatic hydroxyl groups is 3. The molecule has 3 fully saturated rings. The smallest absolute Gasteiger partial charge is 0.339 e. The standard InChI is InChI=1S/C46H58O14/c1-10-24(2)41(52)59-36(30-19-15-12-16-20-30)35(50)42(53)58-31-22-46(54)40(56-26(4)29-17-13-11-14-18-29)38-44(9,32(49)21-33-45(38,23-55-33)60-28(6)48)39(51)37(57-27(5)47)34(25(31)3)43(46,7)8/h11-20,24,26,31-33,35-38,40,49-50,54H,10,21-23H2,1-9H3/t24?,26?,31-,32+,33-,35-,36+,37-,38-,40-,44-,45-,46-/m1/s1. The minimum atomic E-state index is -2.17. The number of esters is 4. The molecule has 1 saturated heterocycles. The Hall–Kier alpha value is -4.47. The third-order valence-electron chi connectivity index (χ3n) is 13.7. The SMILES string of the molecule is CCC(C)C(=O)O[C@@H](c1ccccc1)[C@@H](O)C(=O)O[C@@H]1C[C@@]2(O)[C@H](OC(C)c3ccccc3)[C@H]3[C@@]4(OC(C)=O)CO[C@@H]4C[C@H](O)[C@@]3(C)C(=O)[C@H](OC(C)=O)C(=C1C)C2(C)C. The molecule has 14 heteroatoms. The molecule has 2 aromatic carbocycles. The van der Waals surface area contributed by atoms with Crippen molar-refractivity contribution in [1.82, 2.24) is 0 Å². The van der Waals surface area contributed by atoms with Crippen molar-refractivity contribution in [1.29, 1.82) is 0 Å². The van der Waals surface area contributed by atoms with Crippen molar-refractivity contribution >= 4 is 29.7 Å². The molecule has 0 amide bonds. The van der Waals surface area contributed by atoms with Crippen LogP contribution in [0.1, 0.15) is 105 Å². The number of ketones is 1. The number of hydrogen-bond donors (Lipinski definition) is 3. The molecule has 13 atom stereocenters. The van der Waals surface area contributed by atoms with E-state index in [1.807, 2.05) is 30.3 Å². The highest BCUT2D eigenvalue weighted by atomic mass is 16.6. The molecule has 1 heterocycles. The van der Waals surface area contributed by atoms with Crippen LogP contribution in [-0.4, -0.2) is 99.4 Å². The van der Waals surface area contributed by atoms with Gasteiger partial charge in [-0.2, -0.15) is 0 Å². The molecule has 3 aliphatic carbocycles. The summed E-state index contributed by atoms with van der Waals surface area (Å²) in [5, 5.41) is 37.6. The molecule has 2 saturated carbocycles. The fraction of sp³-hybridized carbons (Fsp3) is 0.587. The zero-order valence-corrected chi connectivity index (χ0v) is 35.7. The average molecular weight is 835 g/mol. The number of hydrogen-bond acceptors (Lipinski definition) is 14. The van der Waals surface area contributed by atoms with Crippen LogP contribution >= 0.6 is 0 Å². The molecule has 2 bridgehead atoms. The van der Waals surface area contributed by atoms with E-state index in [-0.39, 0.29) is 24.2 Å². The highest BCUT2D eigenvalue weighted by Crippen LogP contribution is 2.65. The number of fused-ring (bicyclic) bond motifs is 5. The van der Waals surface area contributed by atoms with Gasteiger partial charge in [0.15, 0.2) is 29.7 Å². The van der Waals surface area contributed by atoms with E-state index in [0.29, 0.717) is 17.5 Å². The van der Waals surface area contributed by atoms with E-state index < -0.39 is 119 Å². The molecular weight excluding hydrogens is 776 g/mol. The van der Waals surface area contributed by atoms with Gasteiger partial charge in [0.25, 0.3) is 0 Å². The van der Waals surface area contributed by atoms with Crippen LogP contribution in [0.3, 0.4) is 0 Å². The van der Waals surface area contributed by atoms with Gasteiger partial charge in [0.2, 0.25) is 0 Å². The van der Waals surface area contributed by atoms with Gasteiger partial charge >= 0.3 is 23.9 Å². The first-order valence-electron chi connectivity index (χ1n) is 20.6. The van der Waals surface area contributed by atoms with Gasteiger partial charge in [0, 0.05) is 38.0 Å². The number of carbonyl (C=O) groups excluding carboxylic acids is 5. The minimum Gasteiger partial charge on any atom is -0.456 e. The third kappa shape index (κ3) is 7.48. The fourth-order valence-corrected chi connectivity index (χ4v) is 10.0. The lowest BCUT2D eigenvalue weighted by molar-refractivity contribution is -0.354. The van der Waals surface area contributed by atoms with Crippen molar-refractivity contribution in [2.45, 2.75) is 142 Å². The lowest BCUT2D eigenvalue weighted by atomic mass is 9.44. The van der Waals surface area contributed by atoms with Crippen LogP contribution in [0.2, 0.25) is 0 Å². The summed E-state index contributed by atoms with van der Waals surface area (Å²) in [6.07, 6.45) is -11.3. The number of aliphatic hydroxyl groups excluding tert-OH is 2. The van der Waals surface area contributed by atoms with Gasteiger partial charge in [-0.15, -0.1) is 0 Å². The van der Waals surface area contributed by atoms with E-state index >= 15 is 4.79 Å². The average Bonchev–Trinajstić information content (AvgIpc) is 3.20. The number of carbonyl (C=O) groups is 5. The van der Waals surface area contributed by atoms with Gasteiger partial charge in [-0.05, 0) is 49.5 Å². The summed E-state index contributed by atoms with van der Waals surface area (Å²) in [7, 11) is 0. The normalized spacial score (nSPS) is 33.8. The molecule has 60 heavy (non-hydrogen) atoms. The van der Waals surface area contributed by atoms with Crippen LogP contribution < -0.4 is 0 Å². The largest absolute Gasteiger partial charge is 0.456 e. The highest BCUT2D eigenvalue weighted by molar-refractivity contribution is 5.95. The third-order valence-corrected chi connectivity index (χ3v) is 13.7. The van der Waals surface area contributed by atoms with E-state index in [0.717, 1.165) is 6.92 Å². The summed E-state index contributed by atoms with van der Waals surface area (Å²) in [4.78, 5) is 68.8. The molecule has 0 aromatic heterocycles. The number of rotatable bonds is 12. The Morgan fingerprint density at radius 3 is 2.03 bits per heavy atom. The van der Waals surface area contributed by atoms with Gasteiger partial charge in [0.05, 0.1) is 36.3 Å². The van der Waals surface area contributed by atoms with Gasteiger partial charge in [-0.25, -0.2) is 4.79 Å². The molecule has 4 aliphatic rings. The maximum Gasteiger partial charge on any atom is 0.339 e. The molecule has 2 unspecified atom stereocenters. The molecular formula is C46H58O14. The first-order valence-corrected chi connectivity index (χ1v) is 20.6. The maximum atomic E-state index is 15.5. The highest BCUT2D eigenvalue weighted by Gasteiger charge is 2.78. The Balaban J connectivity index is 1.55. The fourth-order valence-electron chi connectivity index (χ4n) is 10.0. The van der Waals surface area contributed by atoms with Crippen molar-refractivity contribution in [3.05, 3.63) is 82.9 Å². The van der Waals surface area contributed by atoms with Crippen LogP contribution in [0.5, 0.6) is 0 Å². The Morgan fingerprint density at radius 1 is 0.900 bits per heavy atom. The lowest BCUT2D eigenvalue weighted by Gasteiger charge is -2.68. The minimum absolute atomic E-state index is 0.105. The molecule has 1 aliphatic heterocycles. The summed E-state index contributed by atoms with van der Waals surface area (Å²) in [6, 6.07) is 17.4. The van der Waals surface area contributed by atoms with Crippen LogP contribution in [0.25, 0.3) is 0 Å². The molecule has 0 spiro atoms.